The number of rotatable bonds is 2. The molecule has 0 aromatic heterocycles. The fourth-order valence-corrected chi connectivity index (χ4v) is 3.82. The Morgan fingerprint density at radius 1 is 1.28 bits per heavy atom. The van der Waals surface area contributed by atoms with E-state index in [-0.39, 0.29) is 6.09 Å². The number of carbonyl (C=O) groups is 1. The average molecular weight is 341 g/mol. The first-order chi connectivity index (χ1) is 11.8. The number of amides is 1. The lowest BCUT2D eigenvalue weighted by Crippen LogP contribution is -2.60. The topological polar surface area (TPSA) is 56.6 Å². The van der Waals surface area contributed by atoms with E-state index in [0.717, 1.165) is 51.1 Å². The van der Waals surface area contributed by atoms with E-state index in [4.69, 9.17) is 10.00 Å². The maximum atomic E-state index is 12.2. The molecule has 25 heavy (non-hydrogen) atoms. The minimum absolute atomic E-state index is 0.188. The molecule has 2 heterocycles. The maximum absolute atomic E-state index is 12.2. The molecule has 1 spiro atoms. The zero-order valence-corrected chi connectivity index (χ0v) is 15.4. The van der Waals surface area contributed by atoms with Crippen LogP contribution in [0.1, 0.15) is 44.7 Å². The minimum Gasteiger partial charge on any atom is -0.444 e. The summed E-state index contributed by atoms with van der Waals surface area (Å²) in [7, 11) is 0. The molecule has 5 heteroatoms. The van der Waals surface area contributed by atoms with Gasteiger partial charge in [-0.25, -0.2) is 4.79 Å². The summed E-state index contributed by atoms with van der Waals surface area (Å²) in [5.41, 5.74) is 1.83. The van der Waals surface area contributed by atoms with E-state index in [1.54, 1.807) is 0 Å². The minimum atomic E-state index is -0.433. The molecule has 1 amide bonds. The molecule has 2 aliphatic heterocycles. The number of piperidine rings is 1. The molecule has 0 atom stereocenters. The van der Waals surface area contributed by atoms with E-state index in [9.17, 15) is 4.79 Å². The lowest BCUT2D eigenvalue weighted by atomic mass is 9.72. The summed E-state index contributed by atoms with van der Waals surface area (Å²) in [4.78, 5) is 16.4. The van der Waals surface area contributed by atoms with Crippen LogP contribution in [0.2, 0.25) is 0 Å². The Morgan fingerprint density at radius 3 is 2.56 bits per heavy atom. The van der Waals surface area contributed by atoms with Crippen LogP contribution in [0.25, 0.3) is 0 Å². The van der Waals surface area contributed by atoms with E-state index in [2.05, 4.69) is 17.0 Å². The molecule has 0 N–H and O–H groups in total. The van der Waals surface area contributed by atoms with Crippen molar-refractivity contribution in [1.29, 1.82) is 5.26 Å². The van der Waals surface area contributed by atoms with Crippen molar-refractivity contribution in [3.05, 3.63) is 35.4 Å². The van der Waals surface area contributed by atoms with E-state index >= 15 is 0 Å². The number of nitriles is 1. The molecular formula is C20H27N3O2. The Labute approximate surface area is 150 Å². The molecule has 0 unspecified atom stereocenters. The van der Waals surface area contributed by atoms with Crippen molar-refractivity contribution in [3.63, 3.8) is 0 Å². The number of nitrogens with zero attached hydrogens (tertiary/aromatic N) is 3. The van der Waals surface area contributed by atoms with Gasteiger partial charge in [-0.15, -0.1) is 0 Å². The Kier molecular flexibility index (Phi) is 4.75. The van der Waals surface area contributed by atoms with Crippen molar-refractivity contribution in [2.24, 2.45) is 5.41 Å². The normalized spacial score (nSPS) is 20.0. The van der Waals surface area contributed by atoms with Crippen LogP contribution < -0.4 is 0 Å². The van der Waals surface area contributed by atoms with Crippen LogP contribution in [0.5, 0.6) is 0 Å². The van der Waals surface area contributed by atoms with Gasteiger partial charge in [-0.3, -0.25) is 4.90 Å². The Bertz CT molecular complexity index is 671. The molecular weight excluding hydrogens is 314 g/mol. The second kappa shape index (κ2) is 6.68. The molecule has 2 saturated heterocycles. The predicted molar refractivity (Wildman–Crippen MR) is 95.9 cm³/mol. The third-order valence-corrected chi connectivity index (χ3v) is 5.06. The summed E-state index contributed by atoms with van der Waals surface area (Å²) in [6.45, 7) is 10.3. The van der Waals surface area contributed by atoms with E-state index in [1.807, 2.05) is 43.9 Å². The molecule has 0 bridgehead atoms. The van der Waals surface area contributed by atoms with E-state index in [0.29, 0.717) is 5.41 Å². The molecule has 1 aromatic rings. The summed E-state index contributed by atoms with van der Waals surface area (Å²) in [6.07, 6.45) is 1.90. The van der Waals surface area contributed by atoms with Gasteiger partial charge in [-0.1, -0.05) is 12.1 Å². The van der Waals surface area contributed by atoms with Crippen molar-refractivity contribution < 1.29 is 9.53 Å². The second-order valence-electron chi connectivity index (χ2n) is 8.42. The molecule has 5 nitrogen and oxygen atoms in total. The third kappa shape index (κ3) is 4.32. The summed E-state index contributed by atoms with van der Waals surface area (Å²) < 4.78 is 5.47. The summed E-state index contributed by atoms with van der Waals surface area (Å²) in [6, 6.07) is 10.0. The summed E-state index contributed by atoms with van der Waals surface area (Å²) >= 11 is 0. The van der Waals surface area contributed by atoms with Crippen molar-refractivity contribution >= 4 is 6.09 Å². The Morgan fingerprint density at radius 2 is 1.96 bits per heavy atom. The lowest BCUT2D eigenvalue weighted by molar-refractivity contribution is -0.0550. The maximum Gasteiger partial charge on any atom is 0.410 e. The molecule has 3 rings (SSSR count). The van der Waals surface area contributed by atoms with Crippen LogP contribution in [-0.2, 0) is 11.3 Å². The number of ether oxygens (including phenoxy) is 1. The van der Waals surface area contributed by atoms with Gasteiger partial charge in [0.2, 0.25) is 0 Å². The van der Waals surface area contributed by atoms with Gasteiger partial charge < -0.3 is 9.64 Å². The van der Waals surface area contributed by atoms with Crippen molar-refractivity contribution in [2.75, 3.05) is 26.2 Å². The molecule has 0 radical (unpaired) electrons. The van der Waals surface area contributed by atoms with Crippen LogP contribution in [-0.4, -0.2) is 47.7 Å². The van der Waals surface area contributed by atoms with Crippen LogP contribution in [0.3, 0.4) is 0 Å². The number of likely N-dealkylation sites (tertiary alicyclic amines) is 2. The SMILES string of the molecule is CC(C)(C)OC(=O)N1CCC2(CC1)CN(Cc1cccc(C#N)c1)C2. The largest absolute Gasteiger partial charge is 0.444 e. The smallest absolute Gasteiger partial charge is 0.410 e. The second-order valence-corrected chi connectivity index (χ2v) is 8.42. The molecule has 0 aliphatic carbocycles. The quantitative estimate of drug-likeness (QED) is 0.827. The first kappa shape index (κ1) is 17.8. The van der Waals surface area contributed by atoms with Gasteiger partial charge in [0.25, 0.3) is 0 Å². The highest BCUT2D eigenvalue weighted by Crippen LogP contribution is 2.41. The van der Waals surface area contributed by atoms with Gasteiger partial charge in [0.15, 0.2) is 0 Å². The van der Waals surface area contributed by atoms with Gasteiger partial charge in [0, 0.05) is 32.7 Å². The summed E-state index contributed by atoms with van der Waals surface area (Å²) in [5.74, 6) is 0. The fraction of sp³-hybridized carbons (Fsp3) is 0.600. The van der Waals surface area contributed by atoms with Gasteiger partial charge in [-0.05, 0) is 56.7 Å². The van der Waals surface area contributed by atoms with Crippen LogP contribution >= 0.6 is 0 Å². The number of hydrogen-bond donors (Lipinski definition) is 0. The third-order valence-electron chi connectivity index (χ3n) is 5.06. The van der Waals surface area contributed by atoms with Gasteiger partial charge in [-0.2, -0.15) is 5.26 Å². The number of benzene rings is 1. The van der Waals surface area contributed by atoms with Gasteiger partial charge in [0.05, 0.1) is 11.6 Å². The Balaban J connectivity index is 1.47. The van der Waals surface area contributed by atoms with Crippen LogP contribution in [0.15, 0.2) is 24.3 Å². The van der Waals surface area contributed by atoms with E-state index in [1.165, 1.54) is 5.56 Å². The van der Waals surface area contributed by atoms with Crippen LogP contribution in [0.4, 0.5) is 4.79 Å². The van der Waals surface area contributed by atoms with Crippen LogP contribution in [0, 0.1) is 16.7 Å². The van der Waals surface area contributed by atoms with Crippen molar-refractivity contribution in [1.82, 2.24) is 9.80 Å². The number of hydrogen-bond acceptors (Lipinski definition) is 4. The van der Waals surface area contributed by atoms with Gasteiger partial charge in [0.1, 0.15) is 5.60 Å². The highest BCUT2D eigenvalue weighted by molar-refractivity contribution is 5.68. The zero-order valence-electron chi connectivity index (χ0n) is 15.4. The monoisotopic (exact) mass is 341 g/mol. The van der Waals surface area contributed by atoms with Crippen molar-refractivity contribution in [3.8, 4) is 6.07 Å². The molecule has 2 fully saturated rings. The average Bonchev–Trinajstić information content (AvgIpc) is 2.52. The summed E-state index contributed by atoms with van der Waals surface area (Å²) in [5, 5.41) is 9.00. The first-order valence-corrected chi connectivity index (χ1v) is 8.98. The highest BCUT2D eigenvalue weighted by atomic mass is 16.6. The zero-order chi connectivity index (χ0) is 18.1. The van der Waals surface area contributed by atoms with E-state index < -0.39 is 5.60 Å². The standard InChI is InChI=1S/C20H27N3O2/c1-19(2,3)25-18(24)23-9-7-20(8-10-23)14-22(15-20)13-17-6-4-5-16(11-17)12-21/h4-6,11H,7-10,13-15H2,1-3H3. The van der Waals surface area contributed by atoms with Crippen molar-refractivity contribution in [2.45, 2.75) is 45.8 Å². The first-order valence-electron chi connectivity index (χ1n) is 8.98. The lowest BCUT2D eigenvalue weighted by Gasteiger charge is -2.54. The molecule has 0 saturated carbocycles. The molecule has 1 aromatic carbocycles. The Hall–Kier alpha value is -2.06. The highest BCUT2D eigenvalue weighted by Gasteiger charge is 2.45. The molecule has 134 valence electrons. The number of carbonyl (C=O) groups excluding carboxylic acids is 1. The fourth-order valence-electron chi connectivity index (χ4n) is 3.82. The predicted octanol–water partition coefficient (Wildman–Crippen LogP) is 3.39. The van der Waals surface area contributed by atoms with Gasteiger partial charge >= 0.3 is 6.09 Å². The molecule has 2 aliphatic rings.